The molecule has 0 radical (unpaired) electrons. The lowest BCUT2D eigenvalue weighted by atomic mass is 9.94. The van der Waals surface area contributed by atoms with Crippen molar-refractivity contribution in [2.45, 2.75) is 30.3 Å². The molecule has 0 saturated heterocycles. The minimum absolute atomic E-state index is 0.114. The fourth-order valence-electron chi connectivity index (χ4n) is 3.22. The van der Waals surface area contributed by atoms with Gasteiger partial charge >= 0.3 is 0 Å². The van der Waals surface area contributed by atoms with Gasteiger partial charge in [-0.3, -0.25) is 4.57 Å². The SMILES string of the molecule is OC(O)CSc1nnc(Br)n1C1C=C(Cl)C=C(C2CC2)c2ccccc21. The number of rotatable bonds is 5. The largest absolute Gasteiger partial charge is 0.367 e. The van der Waals surface area contributed by atoms with Crippen LogP contribution < -0.4 is 0 Å². The summed E-state index contributed by atoms with van der Waals surface area (Å²) < 4.78 is 2.50. The van der Waals surface area contributed by atoms with Crippen LogP contribution >= 0.6 is 39.3 Å². The Bertz CT molecular complexity index is 892. The minimum Gasteiger partial charge on any atom is -0.367 e. The Morgan fingerprint density at radius 2 is 2.04 bits per heavy atom. The van der Waals surface area contributed by atoms with Crippen LogP contribution in [-0.4, -0.2) is 37.0 Å². The van der Waals surface area contributed by atoms with E-state index in [2.05, 4.69) is 44.3 Å². The molecule has 1 heterocycles. The minimum atomic E-state index is -1.41. The van der Waals surface area contributed by atoms with E-state index in [9.17, 15) is 10.2 Å². The van der Waals surface area contributed by atoms with Crippen LogP contribution in [0.2, 0.25) is 0 Å². The van der Waals surface area contributed by atoms with Crippen LogP contribution in [0.5, 0.6) is 0 Å². The van der Waals surface area contributed by atoms with Crippen LogP contribution in [0.3, 0.4) is 0 Å². The van der Waals surface area contributed by atoms with Gasteiger partial charge in [0.1, 0.15) is 0 Å². The van der Waals surface area contributed by atoms with Crippen LogP contribution in [0.15, 0.2) is 51.3 Å². The fraction of sp³-hybridized carbons (Fsp3) is 0.333. The zero-order chi connectivity index (χ0) is 18.3. The van der Waals surface area contributed by atoms with E-state index in [1.54, 1.807) is 0 Å². The predicted octanol–water partition coefficient (Wildman–Crippen LogP) is 3.96. The highest BCUT2D eigenvalue weighted by molar-refractivity contribution is 9.10. The van der Waals surface area contributed by atoms with Gasteiger partial charge in [0.15, 0.2) is 11.4 Å². The highest BCUT2D eigenvalue weighted by atomic mass is 79.9. The van der Waals surface area contributed by atoms with Gasteiger partial charge in [-0.15, -0.1) is 10.2 Å². The average Bonchev–Trinajstić information content (AvgIpc) is 3.40. The summed E-state index contributed by atoms with van der Waals surface area (Å²) in [4.78, 5) is 0. The van der Waals surface area contributed by atoms with Gasteiger partial charge in [-0.2, -0.15) is 0 Å². The Morgan fingerprint density at radius 1 is 1.27 bits per heavy atom. The first-order valence-electron chi connectivity index (χ1n) is 8.32. The second kappa shape index (κ2) is 7.48. The Morgan fingerprint density at radius 3 is 2.77 bits per heavy atom. The molecule has 136 valence electrons. The van der Waals surface area contributed by atoms with Crippen molar-refractivity contribution in [3.8, 4) is 0 Å². The lowest BCUT2D eigenvalue weighted by Gasteiger charge is -2.21. The van der Waals surface area contributed by atoms with Gasteiger partial charge in [-0.25, -0.2) is 0 Å². The van der Waals surface area contributed by atoms with Gasteiger partial charge in [-0.1, -0.05) is 47.6 Å². The van der Waals surface area contributed by atoms with Crippen molar-refractivity contribution in [3.63, 3.8) is 0 Å². The molecule has 26 heavy (non-hydrogen) atoms. The predicted molar refractivity (Wildman–Crippen MR) is 106 cm³/mol. The van der Waals surface area contributed by atoms with Gasteiger partial charge in [0.05, 0.1) is 11.8 Å². The number of aliphatic hydroxyl groups is 2. The normalized spacial score (nSPS) is 19.8. The van der Waals surface area contributed by atoms with Crippen molar-refractivity contribution in [3.05, 3.63) is 57.3 Å². The van der Waals surface area contributed by atoms with Gasteiger partial charge in [0.2, 0.25) is 4.73 Å². The average molecular weight is 455 g/mol. The Balaban J connectivity index is 1.81. The Kier molecular flexibility index (Phi) is 5.25. The lowest BCUT2D eigenvalue weighted by Crippen LogP contribution is -2.14. The first-order valence-corrected chi connectivity index (χ1v) is 10.5. The molecule has 0 spiro atoms. The molecule has 0 aliphatic heterocycles. The number of hydrogen-bond acceptors (Lipinski definition) is 5. The molecule has 4 rings (SSSR count). The zero-order valence-electron chi connectivity index (χ0n) is 13.7. The molecule has 1 fully saturated rings. The summed E-state index contributed by atoms with van der Waals surface area (Å²) in [5.74, 6) is 0.683. The molecular formula is C18H17BrClN3O2S. The first kappa shape index (κ1) is 18.3. The van der Waals surface area contributed by atoms with E-state index in [0.717, 1.165) is 5.56 Å². The van der Waals surface area contributed by atoms with Crippen molar-refractivity contribution in [1.82, 2.24) is 14.8 Å². The van der Waals surface area contributed by atoms with E-state index in [-0.39, 0.29) is 11.8 Å². The molecule has 0 bridgehead atoms. The summed E-state index contributed by atoms with van der Waals surface area (Å²) in [5, 5.41) is 28.0. The van der Waals surface area contributed by atoms with Gasteiger partial charge in [0.25, 0.3) is 0 Å². The van der Waals surface area contributed by atoms with E-state index >= 15 is 0 Å². The second-order valence-electron chi connectivity index (χ2n) is 6.37. The summed E-state index contributed by atoms with van der Waals surface area (Å²) in [7, 11) is 0. The van der Waals surface area contributed by atoms with Crippen LogP contribution in [0.4, 0.5) is 0 Å². The third kappa shape index (κ3) is 3.64. The Hall–Kier alpha value is -1.12. The van der Waals surface area contributed by atoms with Crippen LogP contribution in [0.1, 0.15) is 30.0 Å². The smallest absolute Gasteiger partial charge is 0.201 e. The summed E-state index contributed by atoms with van der Waals surface area (Å²) in [6.07, 6.45) is 5.04. The molecule has 2 aliphatic rings. The van der Waals surface area contributed by atoms with E-state index in [4.69, 9.17) is 11.6 Å². The maximum Gasteiger partial charge on any atom is 0.201 e. The maximum atomic E-state index is 9.19. The highest BCUT2D eigenvalue weighted by Gasteiger charge is 2.32. The van der Waals surface area contributed by atoms with Crippen molar-refractivity contribution >= 4 is 44.9 Å². The number of nitrogens with zero attached hydrogens (tertiary/aromatic N) is 3. The van der Waals surface area contributed by atoms with Gasteiger partial charge in [0, 0.05) is 5.03 Å². The van der Waals surface area contributed by atoms with Crippen molar-refractivity contribution in [1.29, 1.82) is 0 Å². The number of fused-ring (bicyclic) bond motifs is 1. The molecule has 5 nitrogen and oxygen atoms in total. The summed E-state index contributed by atoms with van der Waals surface area (Å²) in [6, 6.07) is 8.12. The number of thioether (sulfide) groups is 1. The molecule has 2 aromatic rings. The third-order valence-electron chi connectivity index (χ3n) is 4.48. The van der Waals surface area contributed by atoms with Crippen molar-refractivity contribution < 1.29 is 10.2 Å². The number of allylic oxidation sites excluding steroid dienone is 4. The number of halogens is 2. The number of aliphatic hydroxyl groups excluding tert-OH is 1. The van der Waals surface area contributed by atoms with E-state index in [0.29, 0.717) is 20.8 Å². The van der Waals surface area contributed by atoms with E-state index in [1.165, 1.54) is 35.7 Å². The van der Waals surface area contributed by atoms with Crippen molar-refractivity contribution in [2.75, 3.05) is 5.75 Å². The van der Waals surface area contributed by atoms with Crippen LogP contribution in [-0.2, 0) is 0 Å². The topological polar surface area (TPSA) is 71.2 Å². The lowest BCUT2D eigenvalue weighted by molar-refractivity contribution is -0.0187. The highest BCUT2D eigenvalue weighted by Crippen LogP contribution is 2.47. The maximum absolute atomic E-state index is 9.19. The molecule has 1 saturated carbocycles. The number of hydrogen-bond donors (Lipinski definition) is 2. The molecule has 2 N–H and O–H groups in total. The molecule has 1 aromatic heterocycles. The van der Waals surface area contributed by atoms with Crippen molar-refractivity contribution in [2.24, 2.45) is 5.92 Å². The standard InChI is InChI=1S/C18H17BrClN3O2S/c19-17-21-22-18(26-9-16(24)25)23(17)15-8-11(20)7-14(10-5-6-10)12-3-1-2-4-13(12)15/h1-4,7-8,10,15-16,24-25H,5-6,9H2. The summed E-state index contributed by atoms with van der Waals surface area (Å²) >= 11 is 11.3. The number of benzene rings is 1. The van der Waals surface area contributed by atoms with Gasteiger partial charge < -0.3 is 10.2 Å². The summed E-state index contributed by atoms with van der Waals surface area (Å²) in [6.45, 7) is 0. The summed E-state index contributed by atoms with van der Waals surface area (Å²) in [5.41, 5.74) is 3.62. The first-order chi connectivity index (χ1) is 12.5. The number of aromatic nitrogens is 3. The molecule has 8 heteroatoms. The molecule has 1 atom stereocenters. The molecule has 0 amide bonds. The zero-order valence-corrected chi connectivity index (χ0v) is 16.9. The molecule has 1 aromatic carbocycles. The molecule has 1 unspecified atom stereocenters. The van der Waals surface area contributed by atoms with Gasteiger partial charge in [-0.05, 0) is 63.5 Å². The van der Waals surface area contributed by atoms with E-state index in [1.807, 2.05) is 22.8 Å². The second-order valence-corrected chi connectivity index (χ2v) is 8.50. The monoisotopic (exact) mass is 453 g/mol. The molecule has 2 aliphatic carbocycles. The third-order valence-corrected chi connectivity index (χ3v) is 6.26. The fourth-order valence-corrected chi connectivity index (χ4v) is 4.78. The van der Waals surface area contributed by atoms with E-state index < -0.39 is 6.29 Å². The Labute approximate surface area is 168 Å². The van der Waals surface area contributed by atoms with Crippen LogP contribution in [0, 0.1) is 5.92 Å². The molecular weight excluding hydrogens is 438 g/mol. The quantitative estimate of drug-likeness (QED) is 0.528. The van der Waals surface area contributed by atoms with Crippen LogP contribution in [0.25, 0.3) is 5.57 Å².